The quantitative estimate of drug-likeness (QED) is 0.838. The van der Waals surface area contributed by atoms with Crippen LogP contribution >= 0.6 is 0 Å². The summed E-state index contributed by atoms with van der Waals surface area (Å²) in [6.07, 6.45) is 0.978. The normalized spacial score (nSPS) is 13.7. The van der Waals surface area contributed by atoms with Crippen molar-refractivity contribution in [1.29, 1.82) is 0 Å². The average molecular weight is 282 g/mol. The third kappa shape index (κ3) is 3.47. The number of benzene rings is 1. The highest BCUT2D eigenvalue weighted by Gasteiger charge is 2.14. The van der Waals surface area contributed by atoms with Crippen LogP contribution in [0.3, 0.4) is 0 Å². The molecule has 1 heterocycles. The zero-order valence-electron chi connectivity index (χ0n) is 10.9. The molecule has 0 radical (unpaired) electrons. The monoisotopic (exact) mass is 282 g/mol. The van der Waals surface area contributed by atoms with Gasteiger partial charge in [0, 0.05) is 30.1 Å². The lowest BCUT2D eigenvalue weighted by atomic mass is 10.1. The third-order valence-electron chi connectivity index (χ3n) is 3.22. The molecule has 1 aliphatic heterocycles. The van der Waals surface area contributed by atoms with Crippen LogP contribution in [0.4, 0.5) is 5.69 Å². The van der Waals surface area contributed by atoms with E-state index in [1.54, 1.807) is 13.0 Å². The number of carbonyl (C=O) groups is 1. The topological polar surface area (TPSA) is 75.3 Å². The van der Waals surface area contributed by atoms with Gasteiger partial charge in [-0.2, -0.15) is 0 Å². The van der Waals surface area contributed by atoms with E-state index in [2.05, 4.69) is 10.6 Å². The SMILES string of the molecule is CCS(=O)(=O)CCNC(=O)c1ccc2c(c1)NCC2. The van der Waals surface area contributed by atoms with Crippen molar-refractivity contribution in [1.82, 2.24) is 5.32 Å². The molecule has 2 N–H and O–H groups in total. The van der Waals surface area contributed by atoms with Crippen molar-refractivity contribution in [2.24, 2.45) is 0 Å². The van der Waals surface area contributed by atoms with E-state index in [-0.39, 0.29) is 24.0 Å². The van der Waals surface area contributed by atoms with Gasteiger partial charge in [-0.25, -0.2) is 8.42 Å². The van der Waals surface area contributed by atoms with Crippen LogP contribution in [0.1, 0.15) is 22.8 Å². The summed E-state index contributed by atoms with van der Waals surface area (Å²) in [5, 5.41) is 5.84. The number of amides is 1. The molecule has 1 aromatic carbocycles. The molecule has 0 spiro atoms. The Labute approximate surface area is 113 Å². The van der Waals surface area contributed by atoms with Gasteiger partial charge in [0.15, 0.2) is 9.84 Å². The predicted octanol–water partition coefficient (Wildman–Crippen LogP) is 0.819. The number of anilines is 1. The maximum absolute atomic E-state index is 11.9. The lowest BCUT2D eigenvalue weighted by Gasteiger charge is -2.07. The molecular weight excluding hydrogens is 264 g/mol. The van der Waals surface area contributed by atoms with Crippen LogP contribution in [0.15, 0.2) is 18.2 Å². The summed E-state index contributed by atoms with van der Waals surface area (Å²) < 4.78 is 22.6. The van der Waals surface area contributed by atoms with E-state index >= 15 is 0 Å². The molecule has 0 saturated heterocycles. The van der Waals surface area contributed by atoms with Crippen LogP contribution in [-0.4, -0.2) is 38.9 Å². The van der Waals surface area contributed by atoms with Crippen molar-refractivity contribution in [3.63, 3.8) is 0 Å². The maximum Gasteiger partial charge on any atom is 0.251 e. The van der Waals surface area contributed by atoms with E-state index in [1.807, 2.05) is 12.1 Å². The maximum atomic E-state index is 11.9. The molecule has 104 valence electrons. The number of carbonyl (C=O) groups excluding carboxylic acids is 1. The molecule has 19 heavy (non-hydrogen) atoms. The Bertz CT molecular complexity index is 582. The Kier molecular flexibility index (Phi) is 4.09. The molecule has 1 aromatic rings. The third-order valence-corrected chi connectivity index (χ3v) is 4.93. The largest absolute Gasteiger partial charge is 0.384 e. The van der Waals surface area contributed by atoms with E-state index < -0.39 is 9.84 Å². The molecular formula is C13H18N2O3S. The van der Waals surface area contributed by atoms with Crippen molar-refractivity contribution in [2.45, 2.75) is 13.3 Å². The fourth-order valence-electron chi connectivity index (χ4n) is 2.00. The molecule has 0 atom stereocenters. The second kappa shape index (κ2) is 5.61. The van der Waals surface area contributed by atoms with Crippen LogP contribution in [0.25, 0.3) is 0 Å². The van der Waals surface area contributed by atoms with Gasteiger partial charge in [-0.05, 0) is 24.1 Å². The first-order valence-electron chi connectivity index (χ1n) is 6.37. The molecule has 0 fully saturated rings. The highest BCUT2D eigenvalue weighted by Crippen LogP contribution is 2.22. The molecule has 0 aliphatic carbocycles. The molecule has 5 nitrogen and oxygen atoms in total. The Morgan fingerprint density at radius 2 is 2.21 bits per heavy atom. The summed E-state index contributed by atoms with van der Waals surface area (Å²) >= 11 is 0. The van der Waals surface area contributed by atoms with E-state index in [9.17, 15) is 13.2 Å². The summed E-state index contributed by atoms with van der Waals surface area (Å²) in [5.74, 6) is -0.146. The van der Waals surface area contributed by atoms with Gasteiger partial charge in [0.05, 0.1) is 5.75 Å². The first kappa shape index (κ1) is 13.9. The van der Waals surface area contributed by atoms with Crippen LogP contribution in [0, 0.1) is 0 Å². The van der Waals surface area contributed by atoms with Crippen molar-refractivity contribution in [3.05, 3.63) is 29.3 Å². The number of nitrogens with one attached hydrogen (secondary N) is 2. The van der Waals surface area contributed by atoms with Crippen molar-refractivity contribution < 1.29 is 13.2 Å². The number of sulfone groups is 1. The summed E-state index contributed by atoms with van der Waals surface area (Å²) in [7, 11) is -3.03. The fourth-order valence-corrected chi connectivity index (χ4v) is 2.70. The van der Waals surface area contributed by atoms with E-state index in [4.69, 9.17) is 0 Å². The molecule has 2 rings (SSSR count). The van der Waals surface area contributed by atoms with Crippen LogP contribution < -0.4 is 10.6 Å². The van der Waals surface area contributed by atoms with E-state index in [0.717, 1.165) is 18.7 Å². The van der Waals surface area contributed by atoms with Gasteiger partial charge in [-0.15, -0.1) is 0 Å². The van der Waals surface area contributed by atoms with Crippen molar-refractivity contribution >= 4 is 21.4 Å². The number of hydrogen-bond donors (Lipinski definition) is 2. The Morgan fingerprint density at radius 3 is 2.95 bits per heavy atom. The highest BCUT2D eigenvalue weighted by atomic mass is 32.2. The molecule has 1 amide bonds. The molecule has 6 heteroatoms. The van der Waals surface area contributed by atoms with Crippen LogP contribution in [0.5, 0.6) is 0 Å². The summed E-state index contributed by atoms with van der Waals surface area (Å²) in [5.41, 5.74) is 2.76. The van der Waals surface area contributed by atoms with Crippen LogP contribution in [0.2, 0.25) is 0 Å². The van der Waals surface area contributed by atoms with Crippen molar-refractivity contribution in [2.75, 3.05) is 29.9 Å². The zero-order valence-corrected chi connectivity index (χ0v) is 11.7. The minimum atomic E-state index is -3.03. The highest BCUT2D eigenvalue weighted by molar-refractivity contribution is 7.91. The molecule has 0 unspecified atom stereocenters. The van der Waals surface area contributed by atoms with Gasteiger partial charge in [-0.3, -0.25) is 4.79 Å². The van der Waals surface area contributed by atoms with Gasteiger partial charge in [0.2, 0.25) is 0 Å². The number of rotatable bonds is 5. The minimum Gasteiger partial charge on any atom is -0.384 e. The zero-order chi connectivity index (χ0) is 13.9. The molecule has 0 saturated carbocycles. The molecule has 1 aliphatic rings. The van der Waals surface area contributed by atoms with Gasteiger partial charge >= 0.3 is 0 Å². The number of hydrogen-bond acceptors (Lipinski definition) is 4. The summed E-state index contributed by atoms with van der Waals surface area (Å²) in [6.45, 7) is 2.65. The minimum absolute atomic E-state index is 0.0154. The first-order chi connectivity index (χ1) is 9.02. The van der Waals surface area contributed by atoms with Gasteiger partial charge in [-0.1, -0.05) is 13.0 Å². The second-order valence-electron chi connectivity index (χ2n) is 4.54. The Morgan fingerprint density at radius 1 is 1.42 bits per heavy atom. The average Bonchev–Trinajstić information content (AvgIpc) is 2.85. The lowest BCUT2D eigenvalue weighted by Crippen LogP contribution is -2.29. The molecule has 0 aromatic heterocycles. The summed E-state index contributed by atoms with van der Waals surface area (Å²) in [6, 6.07) is 5.52. The summed E-state index contributed by atoms with van der Waals surface area (Å²) in [4.78, 5) is 11.9. The lowest BCUT2D eigenvalue weighted by molar-refractivity contribution is 0.0956. The van der Waals surface area contributed by atoms with E-state index in [0.29, 0.717) is 5.56 Å². The Hall–Kier alpha value is -1.56. The first-order valence-corrected chi connectivity index (χ1v) is 8.19. The fraction of sp³-hybridized carbons (Fsp3) is 0.462. The van der Waals surface area contributed by atoms with E-state index in [1.165, 1.54) is 5.56 Å². The smallest absolute Gasteiger partial charge is 0.251 e. The second-order valence-corrected chi connectivity index (χ2v) is 7.01. The van der Waals surface area contributed by atoms with Crippen molar-refractivity contribution in [3.8, 4) is 0 Å². The molecule has 0 bridgehead atoms. The standard InChI is InChI=1S/C13H18N2O3S/c1-2-19(17,18)8-7-15-13(16)11-4-3-10-5-6-14-12(10)9-11/h3-4,9,14H,2,5-8H2,1H3,(H,15,16). The predicted molar refractivity (Wildman–Crippen MR) is 75.3 cm³/mol. The van der Waals surface area contributed by atoms with Gasteiger partial charge < -0.3 is 10.6 Å². The van der Waals surface area contributed by atoms with Crippen LogP contribution in [-0.2, 0) is 16.3 Å². The Balaban J connectivity index is 1.94. The number of fused-ring (bicyclic) bond motifs is 1. The van der Waals surface area contributed by atoms with Gasteiger partial charge in [0.25, 0.3) is 5.91 Å². The van der Waals surface area contributed by atoms with Gasteiger partial charge in [0.1, 0.15) is 0 Å².